The first-order valence-corrected chi connectivity index (χ1v) is 6.89. The topological polar surface area (TPSA) is 26.7 Å². The predicted molar refractivity (Wildman–Crippen MR) is 75.8 cm³/mol. The van der Waals surface area contributed by atoms with E-state index in [1.165, 1.54) is 6.07 Å². The van der Waals surface area contributed by atoms with E-state index in [2.05, 4.69) is 11.9 Å². The van der Waals surface area contributed by atoms with Crippen molar-refractivity contribution in [3.8, 4) is 0 Å². The van der Waals surface area contributed by atoms with Crippen LogP contribution in [0.4, 0.5) is 10.1 Å². The van der Waals surface area contributed by atoms with Crippen LogP contribution in [0.15, 0.2) is 18.2 Å². The Labute approximate surface area is 114 Å². The van der Waals surface area contributed by atoms with Crippen LogP contribution in [0.3, 0.4) is 0 Å². The third-order valence-electron chi connectivity index (χ3n) is 3.99. The number of piperidine rings is 1. The zero-order chi connectivity index (χ0) is 13.8. The van der Waals surface area contributed by atoms with Gasteiger partial charge in [-0.2, -0.15) is 0 Å². The number of benzene rings is 1. The van der Waals surface area contributed by atoms with E-state index in [0.717, 1.165) is 32.5 Å². The fraction of sp³-hybridized carbons (Fsp3) is 0.600. The molecule has 1 fully saturated rings. The van der Waals surface area contributed by atoms with Crippen LogP contribution in [0.2, 0.25) is 0 Å². The highest BCUT2D eigenvalue weighted by Crippen LogP contribution is 2.26. The van der Waals surface area contributed by atoms with Gasteiger partial charge in [-0.05, 0) is 45.0 Å². The molecule has 0 radical (unpaired) electrons. The van der Waals surface area contributed by atoms with Crippen LogP contribution in [-0.4, -0.2) is 43.7 Å². The standard InChI is InChI=1S/C15H23FN2O/c1-17-8-6-12(7-9-17)10-18(2)15-13(11-19)4-3-5-14(15)16/h3-5,12,19H,6-11H2,1-2H3. The maximum absolute atomic E-state index is 13.9. The first-order valence-electron chi connectivity index (χ1n) is 6.89. The van der Waals surface area contributed by atoms with Gasteiger partial charge in [0.1, 0.15) is 5.82 Å². The van der Waals surface area contributed by atoms with Gasteiger partial charge in [0.05, 0.1) is 12.3 Å². The Morgan fingerprint density at radius 3 is 2.68 bits per heavy atom. The predicted octanol–water partition coefficient (Wildman–Crippen LogP) is 2.10. The highest BCUT2D eigenvalue weighted by molar-refractivity contribution is 5.54. The van der Waals surface area contributed by atoms with E-state index in [1.54, 1.807) is 12.1 Å². The molecule has 0 unspecified atom stereocenters. The maximum Gasteiger partial charge on any atom is 0.146 e. The molecule has 2 rings (SSSR count). The summed E-state index contributed by atoms with van der Waals surface area (Å²) < 4.78 is 13.9. The molecule has 1 aromatic rings. The first kappa shape index (κ1) is 14.3. The number of aliphatic hydroxyl groups is 1. The number of rotatable bonds is 4. The van der Waals surface area contributed by atoms with Gasteiger partial charge in [0, 0.05) is 19.2 Å². The van der Waals surface area contributed by atoms with Gasteiger partial charge in [-0.3, -0.25) is 0 Å². The summed E-state index contributed by atoms with van der Waals surface area (Å²) in [5, 5.41) is 9.33. The molecule has 3 nitrogen and oxygen atoms in total. The Bertz CT molecular complexity index is 417. The smallest absolute Gasteiger partial charge is 0.146 e. The number of hydrogen-bond acceptors (Lipinski definition) is 3. The van der Waals surface area contributed by atoms with Crippen LogP contribution < -0.4 is 4.90 Å². The molecule has 0 spiro atoms. The average Bonchev–Trinajstić information content (AvgIpc) is 2.40. The molecule has 1 aromatic carbocycles. The number of anilines is 1. The summed E-state index contributed by atoms with van der Waals surface area (Å²) in [4.78, 5) is 4.29. The first-order chi connectivity index (χ1) is 9.11. The van der Waals surface area contributed by atoms with Crippen LogP contribution in [0.25, 0.3) is 0 Å². The molecule has 1 aliphatic rings. The Kier molecular flexibility index (Phi) is 4.77. The molecule has 0 amide bonds. The number of para-hydroxylation sites is 1. The summed E-state index contributed by atoms with van der Waals surface area (Å²) >= 11 is 0. The minimum absolute atomic E-state index is 0.120. The Balaban J connectivity index is 2.05. The van der Waals surface area contributed by atoms with E-state index in [0.29, 0.717) is 17.2 Å². The second kappa shape index (κ2) is 6.35. The lowest BCUT2D eigenvalue weighted by molar-refractivity contribution is 0.222. The van der Waals surface area contributed by atoms with Gasteiger partial charge in [0.25, 0.3) is 0 Å². The van der Waals surface area contributed by atoms with Crippen molar-refractivity contribution in [2.24, 2.45) is 5.92 Å². The van der Waals surface area contributed by atoms with Gasteiger partial charge in [-0.1, -0.05) is 12.1 Å². The average molecular weight is 266 g/mol. The van der Waals surface area contributed by atoms with Crippen LogP contribution in [0.5, 0.6) is 0 Å². The molecule has 0 bridgehead atoms. The van der Waals surface area contributed by atoms with E-state index >= 15 is 0 Å². The summed E-state index contributed by atoms with van der Waals surface area (Å²) in [6.07, 6.45) is 2.31. The Morgan fingerprint density at radius 1 is 1.37 bits per heavy atom. The number of hydrogen-bond donors (Lipinski definition) is 1. The molecule has 1 aliphatic heterocycles. The second-order valence-corrected chi connectivity index (χ2v) is 5.53. The summed E-state index contributed by atoms with van der Waals surface area (Å²) in [7, 11) is 4.05. The van der Waals surface area contributed by atoms with Crippen LogP contribution in [-0.2, 0) is 6.61 Å². The fourth-order valence-electron chi connectivity index (χ4n) is 2.84. The molecule has 0 aromatic heterocycles. The maximum atomic E-state index is 13.9. The van der Waals surface area contributed by atoms with Crippen LogP contribution >= 0.6 is 0 Å². The zero-order valence-corrected chi connectivity index (χ0v) is 11.8. The monoisotopic (exact) mass is 266 g/mol. The van der Waals surface area contributed by atoms with Gasteiger partial charge in [0.15, 0.2) is 0 Å². The fourth-order valence-corrected chi connectivity index (χ4v) is 2.84. The molecule has 1 saturated heterocycles. The van der Waals surface area contributed by atoms with Gasteiger partial charge in [-0.25, -0.2) is 4.39 Å². The summed E-state index contributed by atoms with van der Waals surface area (Å²) in [6.45, 7) is 2.96. The van der Waals surface area contributed by atoms with Gasteiger partial charge in [-0.15, -0.1) is 0 Å². The van der Waals surface area contributed by atoms with Gasteiger partial charge in [0.2, 0.25) is 0 Å². The van der Waals surface area contributed by atoms with Crippen molar-refractivity contribution in [3.05, 3.63) is 29.6 Å². The third-order valence-corrected chi connectivity index (χ3v) is 3.99. The molecule has 0 saturated carbocycles. The van der Waals surface area contributed by atoms with E-state index in [9.17, 15) is 9.50 Å². The zero-order valence-electron chi connectivity index (χ0n) is 11.8. The van der Waals surface area contributed by atoms with Crippen LogP contribution in [0, 0.1) is 11.7 Å². The van der Waals surface area contributed by atoms with Crippen molar-refractivity contribution < 1.29 is 9.50 Å². The van der Waals surface area contributed by atoms with E-state index in [-0.39, 0.29) is 12.4 Å². The quantitative estimate of drug-likeness (QED) is 0.904. The molecule has 106 valence electrons. The molecule has 1 N–H and O–H groups in total. The van der Waals surface area contributed by atoms with Crippen molar-refractivity contribution in [2.45, 2.75) is 19.4 Å². The van der Waals surface area contributed by atoms with Crippen molar-refractivity contribution >= 4 is 5.69 Å². The summed E-state index contributed by atoms with van der Waals surface area (Å²) in [5.74, 6) is 0.356. The van der Waals surface area contributed by atoms with Crippen molar-refractivity contribution in [1.29, 1.82) is 0 Å². The molecule has 19 heavy (non-hydrogen) atoms. The molecule has 4 heteroatoms. The van der Waals surface area contributed by atoms with Crippen molar-refractivity contribution in [1.82, 2.24) is 4.90 Å². The molecule has 0 atom stereocenters. The van der Waals surface area contributed by atoms with E-state index in [1.807, 2.05) is 11.9 Å². The normalized spacial score (nSPS) is 17.7. The third kappa shape index (κ3) is 3.45. The largest absolute Gasteiger partial charge is 0.392 e. The molecular weight excluding hydrogens is 243 g/mol. The minimum atomic E-state index is -0.248. The Morgan fingerprint density at radius 2 is 2.05 bits per heavy atom. The highest BCUT2D eigenvalue weighted by Gasteiger charge is 2.20. The minimum Gasteiger partial charge on any atom is -0.392 e. The number of nitrogens with zero attached hydrogens (tertiary/aromatic N) is 2. The molecule has 0 aliphatic carbocycles. The van der Waals surface area contributed by atoms with Gasteiger partial charge < -0.3 is 14.9 Å². The Hall–Kier alpha value is -1.13. The SMILES string of the molecule is CN1CCC(CN(C)c2c(F)cccc2CO)CC1. The lowest BCUT2D eigenvalue weighted by atomic mass is 9.96. The number of likely N-dealkylation sites (tertiary alicyclic amines) is 1. The number of halogens is 1. The molecular formula is C15H23FN2O. The second-order valence-electron chi connectivity index (χ2n) is 5.53. The van der Waals surface area contributed by atoms with Crippen molar-refractivity contribution in [2.75, 3.05) is 38.6 Å². The van der Waals surface area contributed by atoms with Crippen LogP contribution in [0.1, 0.15) is 18.4 Å². The van der Waals surface area contributed by atoms with E-state index in [4.69, 9.17) is 0 Å². The highest BCUT2D eigenvalue weighted by atomic mass is 19.1. The van der Waals surface area contributed by atoms with Crippen molar-refractivity contribution in [3.63, 3.8) is 0 Å². The summed E-state index contributed by atoms with van der Waals surface area (Å²) in [6, 6.07) is 4.89. The van der Waals surface area contributed by atoms with E-state index < -0.39 is 0 Å². The van der Waals surface area contributed by atoms with Gasteiger partial charge >= 0.3 is 0 Å². The molecule has 1 heterocycles. The summed E-state index contributed by atoms with van der Waals surface area (Å²) in [5.41, 5.74) is 1.21. The lowest BCUT2D eigenvalue weighted by Crippen LogP contribution is -2.36. The lowest BCUT2D eigenvalue weighted by Gasteiger charge is -2.33. The number of aliphatic hydroxyl groups excluding tert-OH is 1.